The second-order valence-electron chi connectivity index (χ2n) is 5.48. The van der Waals surface area contributed by atoms with Gasteiger partial charge < -0.3 is 5.32 Å². The second-order valence-corrected chi connectivity index (χ2v) is 8.04. The fourth-order valence-corrected chi connectivity index (χ4v) is 4.91. The van der Waals surface area contributed by atoms with Crippen molar-refractivity contribution < 1.29 is 0 Å². The summed E-state index contributed by atoms with van der Waals surface area (Å²) in [7, 11) is 0. The molecule has 0 bridgehead atoms. The fourth-order valence-electron chi connectivity index (χ4n) is 2.87. The molecule has 0 aromatic rings. The molecule has 1 unspecified atom stereocenters. The summed E-state index contributed by atoms with van der Waals surface area (Å²) < 4.78 is 0.476. The molecule has 0 spiro atoms. The van der Waals surface area contributed by atoms with Gasteiger partial charge in [-0.2, -0.15) is 11.8 Å². The zero-order valence-corrected chi connectivity index (χ0v) is 13.3. The summed E-state index contributed by atoms with van der Waals surface area (Å²) in [5.74, 6) is 0. The van der Waals surface area contributed by atoms with Crippen molar-refractivity contribution in [1.82, 2.24) is 5.32 Å². The first-order valence-corrected chi connectivity index (χ1v) is 9.38. The van der Waals surface area contributed by atoms with Gasteiger partial charge in [0.25, 0.3) is 0 Å². The highest BCUT2D eigenvalue weighted by molar-refractivity contribution is 8.14. The number of hydrogen-bond donors (Lipinski definition) is 1. The lowest BCUT2D eigenvalue weighted by atomic mass is 9.88. The maximum absolute atomic E-state index is 4.64. The summed E-state index contributed by atoms with van der Waals surface area (Å²) in [6.45, 7) is 4.39. The summed E-state index contributed by atoms with van der Waals surface area (Å²) in [5.41, 5.74) is 0. The van der Waals surface area contributed by atoms with Crippen molar-refractivity contribution >= 4 is 28.7 Å². The largest absolute Gasteiger partial charge is 0.364 e. The third-order valence-corrected chi connectivity index (χ3v) is 6.72. The molecule has 1 heterocycles. The summed E-state index contributed by atoms with van der Waals surface area (Å²) in [6, 6.07) is 0. The van der Waals surface area contributed by atoms with E-state index in [2.05, 4.69) is 35.3 Å². The van der Waals surface area contributed by atoms with E-state index in [1.54, 1.807) is 0 Å². The minimum Gasteiger partial charge on any atom is -0.364 e. The normalized spacial score (nSPS) is 27.0. The lowest BCUT2D eigenvalue weighted by Gasteiger charge is -2.36. The monoisotopic (exact) mass is 286 g/mol. The molecule has 104 valence electrons. The third kappa shape index (κ3) is 3.83. The summed E-state index contributed by atoms with van der Waals surface area (Å²) in [5, 5.41) is 5.56. The molecular formula is C14H26N2S2. The topological polar surface area (TPSA) is 24.4 Å². The zero-order chi connectivity index (χ0) is 12.8. The summed E-state index contributed by atoms with van der Waals surface area (Å²) in [6.07, 6.45) is 11.8. The Morgan fingerprint density at radius 1 is 1.39 bits per heavy atom. The Labute approximate surface area is 120 Å². The number of nitrogens with one attached hydrogen (secondary N) is 1. The average Bonchev–Trinajstić information content (AvgIpc) is 2.86. The Morgan fingerprint density at radius 3 is 2.83 bits per heavy atom. The highest BCUT2D eigenvalue weighted by atomic mass is 32.2. The molecule has 0 saturated heterocycles. The van der Waals surface area contributed by atoms with Crippen LogP contribution in [0, 0.1) is 0 Å². The predicted octanol–water partition coefficient (Wildman–Crippen LogP) is 3.91. The van der Waals surface area contributed by atoms with Gasteiger partial charge in [-0.05, 0) is 25.5 Å². The van der Waals surface area contributed by atoms with Crippen molar-refractivity contribution in [2.24, 2.45) is 4.99 Å². The van der Waals surface area contributed by atoms with Gasteiger partial charge in [-0.25, -0.2) is 0 Å². The molecule has 1 atom stereocenters. The van der Waals surface area contributed by atoms with Gasteiger partial charge in [0.05, 0.1) is 6.54 Å². The molecular weight excluding hydrogens is 260 g/mol. The van der Waals surface area contributed by atoms with Crippen LogP contribution in [-0.2, 0) is 0 Å². The molecule has 1 N–H and O–H groups in total. The fraction of sp³-hybridized carbons (Fsp3) is 0.929. The molecule has 0 aromatic heterocycles. The van der Waals surface area contributed by atoms with Crippen LogP contribution in [0.5, 0.6) is 0 Å². The van der Waals surface area contributed by atoms with Crippen molar-refractivity contribution in [1.29, 1.82) is 0 Å². The van der Waals surface area contributed by atoms with E-state index >= 15 is 0 Å². The van der Waals surface area contributed by atoms with E-state index in [-0.39, 0.29) is 0 Å². The molecule has 18 heavy (non-hydrogen) atoms. The van der Waals surface area contributed by atoms with Gasteiger partial charge in [0.15, 0.2) is 5.17 Å². The smallest absolute Gasteiger partial charge is 0.156 e. The average molecular weight is 287 g/mol. The van der Waals surface area contributed by atoms with Crippen LogP contribution in [-0.4, -0.2) is 34.5 Å². The van der Waals surface area contributed by atoms with E-state index in [0.717, 1.165) is 18.3 Å². The van der Waals surface area contributed by atoms with Gasteiger partial charge in [-0.3, -0.25) is 4.99 Å². The molecule has 0 amide bonds. The van der Waals surface area contributed by atoms with Gasteiger partial charge in [0.2, 0.25) is 0 Å². The molecule has 1 saturated carbocycles. The van der Waals surface area contributed by atoms with E-state index in [9.17, 15) is 0 Å². The number of rotatable bonds is 5. The molecule has 0 radical (unpaired) electrons. The van der Waals surface area contributed by atoms with Crippen molar-refractivity contribution in [2.75, 3.05) is 19.3 Å². The minimum absolute atomic E-state index is 0.476. The van der Waals surface area contributed by atoms with E-state index in [0.29, 0.717) is 4.75 Å². The summed E-state index contributed by atoms with van der Waals surface area (Å²) in [4.78, 5) is 4.64. The number of amidine groups is 1. The van der Waals surface area contributed by atoms with Crippen LogP contribution < -0.4 is 5.32 Å². The second kappa shape index (κ2) is 7.09. The van der Waals surface area contributed by atoms with Crippen molar-refractivity contribution in [2.45, 2.75) is 61.9 Å². The number of hydrogen-bond acceptors (Lipinski definition) is 4. The van der Waals surface area contributed by atoms with Gasteiger partial charge >= 0.3 is 0 Å². The Balaban J connectivity index is 1.77. The van der Waals surface area contributed by atoms with E-state index < -0.39 is 0 Å². The third-order valence-electron chi connectivity index (χ3n) is 4.09. The number of thioether (sulfide) groups is 2. The van der Waals surface area contributed by atoms with Crippen molar-refractivity contribution in [3.8, 4) is 0 Å². The maximum Gasteiger partial charge on any atom is 0.156 e. The van der Waals surface area contributed by atoms with E-state index in [1.807, 2.05) is 11.8 Å². The van der Waals surface area contributed by atoms with E-state index in [1.165, 1.54) is 50.1 Å². The van der Waals surface area contributed by atoms with Crippen LogP contribution in [0.1, 0.15) is 51.9 Å². The van der Waals surface area contributed by atoms with Gasteiger partial charge in [0, 0.05) is 16.5 Å². The molecule has 2 nitrogen and oxygen atoms in total. The molecule has 1 aliphatic heterocycles. The van der Waals surface area contributed by atoms with E-state index in [4.69, 9.17) is 0 Å². The van der Waals surface area contributed by atoms with Gasteiger partial charge in [0.1, 0.15) is 0 Å². The van der Waals surface area contributed by atoms with Crippen molar-refractivity contribution in [3.63, 3.8) is 0 Å². The molecule has 1 fully saturated rings. The quantitative estimate of drug-likeness (QED) is 0.829. The lowest BCUT2D eigenvalue weighted by Crippen LogP contribution is -2.40. The standard InChI is InChI=1S/C14H26N2S2/c1-3-7-12-10-15-13(18-12)16-11-14(17-2)8-5-4-6-9-14/h12H,3-11H2,1-2H3,(H,15,16). The number of nitrogens with zero attached hydrogens (tertiary/aromatic N) is 1. The van der Waals surface area contributed by atoms with Crippen LogP contribution in [0.15, 0.2) is 4.99 Å². The Hall–Kier alpha value is 0.170. The maximum atomic E-state index is 4.64. The van der Waals surface area contributed by atoms with Gasteiger partial charge in [-0.15, -0.1) is 0 Å². The van der Waals surface area contributed by atoms with Gasteiger partial charge in [-0.1, -0.05) is 44.4 Å². The molecule has 1 aliphatic carbocycles. The first-order chi connectivity index (χ1) is 8.78. The molecule has 2 rings (SSSR count). The van der Waals surface area contributed by atoms with Crippen LogP contribution in [0.4, 0.5) is 0 Å². The molecule has 4 heteroatoms. The minimum atomic E-state index is 0.476. The number of aliphatic imine (C=N–C) groups is 1. The SMILES string of the molecule is CCCC1CN=C(NCC2(SC)CCCCC2)S1. The van der Waals surface area contributed by atoms with Crippen LogP contribution in [0.25, 0.3) is 0 Å². The Bertz CT molecular complexity index is 286. The first kappa shape index (κ1) is 14.6. The Morgan fingerprint density at radius 2 is 2.17 bits per heavy atom. The lowest BCUT2D eigenvalue weighted by molar-refractivity contribution is 0.395. The highest BCUT2D eigenvalue weighted by Gasteiger charge is 2.31. The van der Waals surface area contributed by atoms with Crippen molar-refractivity contribution in [3.05, 3.63) is 0 Å². The zero-order valence-electron chi connectivity index (χ0n) is 11.7. The molecule has 0 aromatic carbocycles. The molecule has 2 aliphatic rings. The first-order valence-electron chi connectivity index (χ1n) is 7.28. The van der Waals surface area contributed by atoms with Crippen LogP contribution in [0.2, 0.25) is 0 Å². The van der Waals surface area contributed by atoms with Crippen LogP contribution in [0.3, 0.4) is 0 Å². The highest BCUT2D eigenvalue weighted by Crippen LogP contribution is 2.38. The van der Waals surface area contributed by atoms with Crippen LogP contribution >= 0.6 is 23.5 Å². The predicted molar refractivity (Wildman–Crippen MR) is 85.9 cm³/mol. The Kier molecular flexibility index (Phi) is 5.74. The summed E-state index contributed by atoms with van der Waals surface area (Å²) >= 11 is 4.02.